The van der Waals surface area contributed by atoms with E-state index in [1.165, 1.54) is 5.56 Å². The number of thiazole rings is 1. The van der Waals surface area contributed by atoms with Crippen LogP contribution in [0.1, 0.15) is 56.8 Å². The summed E-state index contributed by atoms with van der Waals surface area (Å²) in [5.74, 6) is 1.42. The Morgan fingerprint density at radius 3 is 2.54 bits per heavy atom. The smallest absolute Gasteiger partial charge is 0.223 e. The Hall–Kier alpha value is -1.88. The largest absolute Gasteiger partial charge is 0.486 e. The number of carbonyl (C=O) groups is 1. The second-order valence-electron chi connectivity index (χ2n) is 7.21. The van der Waals surface area contributed by atoms with Gasteiger partial charge < -0.3 is 9.64 Å². The number of amides is 1. The summed E-state index contributed by atoms with van der Waals surface area (Å²) >= 11 is 1.58. The van der Waals surface area contributed by atoms with Crippen LogP contribution in [0, 0.1) is 12.8 Å². The van der Waals surface area contributed by atoms with Crippen molar-refractivity contribution in [2.24, 2.45) is 5.92 Å². The van der Waals surface area contributed by atoms with Crippen molar-refractivity contribution in [3.8, 4) is 5.75 Å². The molecule has 0 saturated heterocycles. The minimum absolute atomic E-state index is 0.208. The van der Waals surface area contributed by atoms with Crippen molar-refractivity contribution in [1.29, 1.82) is 0 Å². The maximum absolute atomic E-state index is 12.6. The maximum Gasteiger partial charge on any atom is 0.223 e. The van der Waals surface area contributed by atoms with Crippen molar-refractivity contribution in [1.82, 2.24) is 9.88 Å². The van der Waals surface area contributed by atoms with Gasteiger partial charge in [-0.1, -0.05) is 38.5 Å². The molecule has 4 nitrogen and oxygen atoms in total. The number of nitrogens with zero attached hydrogens (tertiary/aromatic N) is 2. The Morgan fingerprint density at radius 2 is 1.92 bits per heavy atom. The monoisotopic (exact) mass is 374 g/mol. The number of ether oxygens (including phenoxy) is 1. The van der Waals surface area contributed by atoms with Gasteiger partial charge in [-0.15, -0.1) is 11.3 Å². The molecule has 0 fully saturated rings. The average molecular weight is 375 g/mol. The van der Waals surface area contributed by atoms with Crippen molar-refractivity contribution >= 4 is 17.2 Å². The molecule has 0 bridgehead atoms. The minimum atomic E-state index is 0.208. The van der Waals surface area contributed by atoms with Crippen LogP contribution in [0.4, 0.5) is 0 Å². The maximum atomic E-state index is 12.6. The SMILES string of the molecule is CC[C@H](C)N(Cc1csc(COc2ccc(C)cc2)n1)C(=O)CC(C)C. The van der Waals surface area contributed by atoms with Gasteiger partial charge in [-0.2, -0.15) is 0 Å². The summed E-state index contributed by atoms with van der Waals surface area (Å²) in [5.41, 5.74) is 2.15. The fourth-order valence-electron chi connectivity index (χ4n) is 2.62. The fraction of sp³-hybridized carbons (Fsp3) is 0.524. The van der Waals surface area contributed by atoms with Gasteiger partial charge in [-0.25, -0.2) is 4.98 Å². The molecule has 0 saturated carbocycles. The number of aryl methyl sites for hydroxylation is 1. The summed E-state index contributed by atoms with van der Waals surface area (Å²) in [5, 5.41) is 2.97. The van der Waals surface area contributed by atoms with Crippen LogP contribution in [0.5, 0.6) is 5.75 Å². The van der Waals surface area contributed by atoms with Gasteiger partial charge in [0.25, 0.3) is 0 Å². The number of benzene rings is 1. The van der Waals surface area contributed by atoms with E-state index in [0.29, 0.717) is 25.5 Å². The normalized spacial score (nSPS) is 12.2. The van der Waals surface area contributed by atoms with Crippen molar-refractivity contribution < 1.29 is 9.53 Å². The van der Waals surface area contributed by atoms with Gasteiger partial charge in [0.1, 0.15) is 17.4 Å². The van der Waals surface area contributed by atoms with E-state index in [0.717, 1.165) is 22.9 Å². The zero-order chi connectivity index (χ0) is 19.1. The molecule has 5 heteroatoms. The standard InChI is InChI=1S/C21H30N2O2S/c1-6-17(5)23(21(24)11-15(2)3)12-18-14-26-20(22-18)13-25-19-9-7-16(4)8-10-19/h7-10,14-15,17H,6,11-13H2,1-5H3/t17-/m0/s1. The molecule has 0 spiro atoms. The molecule has 26 heavy (non-hydrogen) atoms. The molecular formula is C21H30N2O2S. The number of hydrogen-bond donors (Lipinski definition) is 0. The van der Waals surface area contributed by atoms with E-state index in [1.807, 2.05) is 34.5 Å². The minimum Gasteiger partial charge on any atom is -0.486 e. The second-order valence-corrected chi connectivity index (χ2v) is 8.15. The van der Waals surface area contributed by atoms with Gasteiger partial charge in [0.15, 0.2) is 0 Å². The molecule has 1 heterocycles. The van der Waals surface area contributed by atoms with Crippen LogP contribution in [-0.2, 0) is 17.9 Å². The molecular weight excluding hydrogens is 344 g/mol. The molecule has 2 rings (SSSR count). The fourth-order valence-corrected chi connectivity index (χ4v) is 3.31. The molecule has 1 aromatic heterocycles. The third-order valence-corrected chi connectivity index (χ3v) is 5.21. The van der Waals surface area contributed by atoms with Gasteiger partial charge in [-0.3, -0.25) is 4.79 Å². The summed E-state index contributed by atoms with van der Waals surface area (Å²) in [6.45, 7) is 11.5. The number of rotatable bonds is 9. The van der Waals surface area contributed by atoms with Crippen LogP contribution in [0.2, 0.25) is 0 Å². The highest BCUT2D eigenvalue weighted by Gasteiger charge is 2.21. The first-order chi connectivity index (χ1) is 12.4. The second kappa shape index (κ2) is 9.72. The third kappa shape index (κ3) is 6.13. The number of carbonyl (C=O) groups excluding carboxylic acids is 1. The molecule has 0 radical (unpaired) electrons. The van der Waals surface area contributed by atoms with Crippen LogP contribution in [0.15, 0.2) is 29.6 Å². The van der Waals surface area contributed by atoms with Crippen LogP contribution in [-0.4, -0.2) is 21.8 Å². The predicted octanol–water partition coefficient (Wildman–Crippen LogP) is 5.20. The van der Waals surface area contributed by atoms with Crippen LogP contribution < -0.4 is 4.74 Å². The Balaban J connectivity index is 1.97. The first-order valence-electron chi connectivity index (χ1n) is 9.31. The lowest BCUT2D eigenvalue weighted by molar-refractivity contribution is -0.134. The Labute approximate surface area is 161 Å². The van der Waals surface area contributed by atoms with E-state index in [4.69, 9.17) is 4.74 Å². The zero-order valence-corrected chi connectivity index (χ0v) is 17.3. The van der Waals surface area contributed by atoms with Gasteiger partial charge >= 0.3 is 0 Å². The lowest BCUT2D eigenvalue weighted by atomic mass is 10.1. The van der Waals surface area contributed by atoms with E-state index in [-0.39, 0.29) is 11.9 Å². The molecule has 1 atom stereocenters. The lowest BCUT2D eigenvalue weighted by Crippen LogP contribution is -2.38. The molecule has 0 aliphatic rings. The molecule has 0 N–H and O–H groups in total. The first kappa shape index (κ1) is 20.4. The van der Waals surface area contributed by atoms with Crippen molar-refractivity contribution in [2.75, 3.05) is 0 Å². The molecule has 1 amide bonds. The summed E-state index contributed by atoms with van der Waals surface area (Å²) in [6, 6.07) is 8.23. The average Bonchev–Trinajstić information content (AvgIpc) is 3.05. The first-order valence-corrected chi connectivity index (χ1v) is 10.2. The summed E-state index contributed by atoms with van der Waals surface area (Å²) in [4.78, 5) is 19.2. The number of aromatic nitrogens is 1. The number of hydrogen-bond acceptors (Lipinski definition) is 4. The van der Waals surface area contributed by atoms with Crippen molar-refractivity contribution in [3.63, 3.8) is 0 Å². The molecule has 0 unspecified atom stereocenters. The van der Waals surface area contributed by atoms with Gasteiger partial charge in [0.05, 0.1) is 12.2 Å². The van der Waals surface area contributed by atoms with E-state index >= 15 is 0 Å². The van der Waals surface area contributed by atoms with Crippen LogP contribution in [0.3, 0.4) is 0 Å². The highest BCUT2D eigenvalue weighted by Crippen LogP contribution is 2.19. The van der Waals surface area contributed by atoms with Crippen molar-refractivity contribution in [3.05, 3.63) is 45.9 Å². The van der Waals surface area contributed by atoms with Gasteiger partial charge in [0, 0.05) is 17.8 Å². The van der Waals surface area contributed by atoms with Gasteiger partial charge in [0.2, 0.25) is 5.91 Å². The quantitative estimate of drug-likeness (QED) is 0.605. The van der Waals surface area contributed by atoms with Gasteiger partial charge in [-0.05, 0) is 38.3 Å². The van der Waals surface area contributed by atoms with E-state index < -0.39 is 0 Å². The van der Waals surface area contributed by atoms with E-state index in [2.05, 4.69) is 39.6 Å². The highest BCUT2D eigenvalue weighted by molar-refractivity contribution is 7.09. The summed E-state index contributed by atoms with van der Waals surface area (Å²) in [7, 11) is 0. The molecule has 0 aliphatic carbocycles. The van der Waals surface area contributed by atoms with E-state index in [9.17, 15) is 4.79 Å². The van der Waals surface area contributed by atoms with Crippen LogP contribution >= 0.6 is 11.3 Å². The zero-order valence-electron chi connectivity index (χ0n) is 16.5. The van der Waals surface area contributed by atoms with Crippen LogP contribution in [0.25, 0.3) is 0 Å². The van der Waals surface area contributed by atoms with Crippen molar-refractivity contribution in [2.45, 2.75) is 66.7 Å². The summed E-state index contributed by atoms with van der Waals surface area (Å²) in [6.07, 6.45) is 1.52. The molecule has 2 aromatic rings. The Morgan fingerprint density at radius 1 is 1.23 bits per heavy atom. The molecule has 0 aliphatic heterocycles. The molecule has 1 aromatic carbocycles. The van der Waals surface area contributed by atoms with E-state index in [1.54, 1.807) is 11.3 Å². The Bertz CT molecular complexity index is 694. The topological polar surface area (TPSA) is 42.4 Å². The highest BCUT2D eigenvalue weighted by atomic mass is 32.1. The molecule has 142 valence electrons. The Kier molecular flexibility index (Phi) is 7.64. The predicted molar refractivity (Wildman–Crippen MR) is 107 cm³/mol. The third-order valence-electron chi connectivity index (χ3n) is 4.34. The summed E-state index contributed by atoms with van der Waals surface area (Å²) < 4.78 is 5.80. The lowest BCUT2D eigenvalue weighted by Gasteiger charge is -2.28.